The van der Waals surface area contributed by atoms with Gasteiger partial charge < -0.3 is 9.53 Å². The molecule has 1 aliphatic rings. The fraction of sp³-hybridized carbons (Fsp3) is 0.867. The molecule has 0 radical (unpaired) electrons. The highest BCUT2D eigenvalue weighted by atomic mass is 16.5. The number of hydrogen-bond acceptors (Lipinski definition) is 3. The Kier molecular flexibility index (Phi) is 6.37. The predicted octanol–water partition coefficient (Wildman–Crippen LogP) is 3.36. The molecule has 104 valence electrons. The van der Waals surface area contributed by atoms with E-state index in [0.717, 1.165) is 38.4 Å². The Morgan fingerprint density at radius 3 is 2.78 bits per heavy atom. The molecular weight excluding hydrogens is 228 g/mol. The normalized spacial score (nSPS) is 29.6. The van der Waals surface area contributed by atoms with Gasteiger partial charge in [-0.25, -0.2) is 0 Å². The number of esters is 1. The average molecular weight is 254 g/mol. The summed E-state index contributed by atoms with van der Waals surface area (Å²) in [7, 11) is 0. The zero-order valence-electron chi connectivity index (χ0n) is 11.9. The summed E-state index contributed by atoms with van der Waals surface area (Å²) in [6.07, 6.45) is 7.55. The Labute approximate surface area is 110 Å². The van der Waals surface area contributed by atoms with Crippen LogP contribution in [0, 0.1) is 17.8 Å². The van der Waals surface area contributed by atoms with Gasteiger partial charge >= 0.3 is 5.97 Å². The van der Waals surface area contributed by atoms with Gasteiger partial charge in [0.2, 0.25) is 0 Å². The Morgan fingerprint density at radius 1 is 1.44 bits per heavy atom. The Balaban J connectivity index is 2.45. The molecule has 0 N–H and O–H groups in total. The van der Waals surface area contributed by atoms with Crippen molar-refractivity contribution in [1.29, 1.82) is 0 Å². The van der Waals surface area contributed by atoms with Crippen LogP contribution < -0.4 is 0 Å². The monoisotopic (exact) mass is 254 g/mol. The van der Waals surface area contributed by atoms with Crippen molar-refractivity contribution in [3.8, 4) is 0 Å². The molecule has 0 bridgehead atoms. The molecule has 0 saturated heterocycles. The number of ether oxygens (including phenoxy) is 1. The highest BCUT2D eigenvalue weighted by Crippen LogP contribution is 2.35. The quantitative estimate of drug-likeness (QED) is 0.539. The van der Waals surface area contributed by atoms with Gasteiger partial charge in [0.05, 0.1) is 0 Å². The predicted molar refractivity (Wildman–Crippen MR) is 71.1 cm³/mol. The lowest BCUT2D eigenvalue weighted by Gasteiger charge is -2.36. The maximum absolute atomic E-state index is 11.1. The third-order valence-electron chi connectivity index (χ3n) is 4.10. The van der Waals surface area contributed by atoms with Gasteiger partial charge in [-0.05, 0) is 37.5 Å². The molecular formula is C15H26O3. The van der Waals surface area contributed by atoms with E-state index in [-0.39, 0.29) is 18.0 Å². The third kappa shape index (κ3) is 4.79. The summed E-state index contributed by atoms with van der Waals surface area (Å²) in [6.45, 7) is 5.70. The molecule has 3 nitrogen and oxygen atoms in total. The number of carbonyl (C=O) groups excluding carboxylic acids is 2. The molecule has 4 atom stereocenters. The minimum absolute atomic E-state index is 0.0952. The van der Waals surface area contributed by atoms with Gasteiger partial charge in [0.15, 0.2) is 0 Å². The van der Waals surface area contributed by atoms with E-state index >= 15 is 0 Å². The van der Waals surface area contributed by atoms with Crippen molar-refractivity contribution in [2.75, 3.05) is 0 Å². The van der Waals surface area contributed by atoms with Gasteiger partial charge in [-0.2, -0.15) is 0 Å². The maximum Gasteiger partial charge on any atom is 0.302 e. The summed E-state index contributed by atoms with van der Waals surface area (Å²) >= 11 is 0. The Bertz CT molecular complexity index is 275. The first-order chi connectivity index (χ1) is 8.54. The largest absolute Gasteiger partial charge is 0.462 e. The lowest BCUT2D eigenvalue weighted by atomic mass is 9.75. The first-order valence-corrected chi connectivity index (χ1v) is 7.17. The SMILES string of the molecule is CC(=O)O[C@H]1CCC[C@@H](C)C1CCC[C@H](C)C=O. The molecule has 0 spiro atoms. The van der Waals surface area contributed by atoms with E-state index in [1.807, 2.05) is 6.92 Å². The second-order valence-electron chi connectivity index (χ2n) is 5.76. The van der Waals surface area contributed by atoms with E-state index in [1.165, 1.54) is 13.3 Å². The molecule has 1 saturated carbocycles. The van der Waals surface area contributed by atoms with Gasteiger partial charge in [-0.1, -0.05) is 26.7 Å². The topological polar surface area (TPSA) is 43.4 Å². The van der Waals surface area contributed by atoms with E-state index in [2.05, 4.69) is 6.92 Å². The highest BCUT2D eigenvalue weighted by Gasteiger charge is 2.32. The van der Waals surface area contributed by atoms with E-state index in [9.17, 15) is 9.59 Å². The lowest BCUT2D eigenvalue weighted by Crippen LogP contribution is -2.34. The number of aldehydes is 1. The van der Waals surface area contributed by atoms with Gasteiger partial charge in [-0.15, -0.1) is 0 Å². The Morgan fingerprint density at radius 2 is 2.17 bits per heavy atom. The van der Waals surface area contributed by atoms with Crippen molar-refractivity contribution < 1.29 is 14.3 Å². The summed E-state index contributed by atoms with van der Waals surface area (Å²) < 4.78 is 5.45. The number of hydrogen-bond donors (Lipinski definition) is 0. The molecule has 0 aromatic heterocycles. The van der Waals surface area contributed by atoms with Crippen molar-refractivity contribution >= 4 is 12.3 Å². The van der Waals surface area contributed by atoms with Crippen molar-refractivity contribution in [2.24, 2.45) is 17.8 Å². The van der Waals surface area contributed by atoms with Crippen LogP contribution in [0.25, 0.3) is 0 Å². The highest BCUT2D eigenvalue weighted by molar-refractivity contribution is 5.66. The molecule has 1 rings (SSSR count). The van der Waals surface area contributed by atoms with Crippen LogP contribution in [0.5, 0.6) is 0 Å². The number of carbonyl (C=O) groups is 2. The minimum atomic E-state index is -0.166. The first kappa shape index (κ1) is 15.2. The molecule has 0 amide bonds. The molecule has 0 aromatic rings. The van der Waals surface area contributed by atoms with E-state index in [4.69, 9.17) is 4.74 Å². The second kappa shape index (κ2) is 7.55. The smallest absolute Gasteiger partial charge is 0.302 e. The van der Waals surface area contributed by atoms with E-state index in [0.29, 0.717) is 11.8 Å². The van der Waals surface area contributed by atoms with Crippen LogP contribution in [0.2, 0.25) is 0 Å². The van der Waals surface area contributed by atoms with Gasteiger partial charge in [0.1, 0.15) is 12.4 Å². The van der Waals surface area contributed by atoms with E-state index in [1.54, 1.807) is 0 Å². The summed E-state index contributed by atoms with van der Waals surface area (Å²) in [6, 6.07) is 0. The average Bonchev–Trinajstić information content (AvgIpc) is 2.31. The molecule has 0 aromatic carbocycles. The van der Waals surface area contributed by atoms with Crippen LogP contribution in [-0.2, 0) is 14.3 Å². The zero-order chi connectivity index (χ0) is 13.5. The molecule has 1 unspecified atom stereocenters. The summed E-state index contributed by atoms with van der Waals surface area (Å²) in [5.41, 5.74) is 0. The summed E-state index contributed by atoms with van der Waals surface area (Å²) in [5, 5.41) is 0. The van der Waals surface area contributed by atoms with Crippen LogP contribution in [-0.4, -0.2) is 18.4 Å². The van der Waals surface area contributed by atoms with Crippen molar-refractivity contribution in [3.05, 3.63) is 0 Å². The Hall–Kier alpha value is -0.860. The fourth-order valence-corrected chi connectivity index (χ4v) is 3.01. The lowest BCUT2D eigenvalue weighted by molar-refractivity contribution is -0.152. The zero-order valence-corrected chi connectivity index (χ0v) is 11.9. The molecule has 1 aliphatic carbocycles. The van der Waals surface area contributed by atoms with Gasteiger partial charge in [-0.3, -0.25) is 4.79 Å². The van der Waals surface area contributed by atoms with Crippen LogP contribution in [0.4, 0.5) is 0 Å². The maximum atomic E-state index is 11.1. The standard InChI is InChI=1S/C15H26O3/c1-11(10-16)6-4-8-14-12(2)7-5-9-15(14)18-13(3)17/h10-12,14-15H,4-9H2,1-3H3/t11-,12+,14?,15-/m0/s1. The molecule has 3 heteroatoms. The first-order valence-electron chi connectivity index (χ1n) is 7.17. The molecule has 0 aliphatic heterocycles. The molecule has 18 heavy (non-hydrogen) atoms. The summed E-state index contributed by atoms with van der Waals surface area (Å²) in [4.78, 5) is 21.7. The fourth-order valence-electron chi connectivity index (χ4n) is 3.01. The van der Waals surface area contributed by atoms with Crippen molar-refractivity contribution in [1.82, 2.24) is 0 Å². The molecule has 1 fully saturated rings. The molecule has 0 heterocycles. The van der Waals surface area contributed by atoms with E-state index < -0.39 is 0 Å². The van der Waals surface area contributed by atoms with Crippen LogP contribution in [0.3, 0.4) is 0 Å². The summed E-state index contributed by atoms with van der Waals surface area (Å²) in [5.74, 6) is 1.08. The van der Waals surface area contributed by atoms with Crippen molar-refractivity contribution in [3.63, 3.8) is 0 Å². The second-order valence-corrected chi connectivity index (χ2v) is 5.76. The van der Waals surface area contributed by atoms with Gasteiger partial charge in [0, 0.05) is 12.8 Å². The van der Waals surface area contributed by atoms with Gasteiger partial charge in [0.25, 0.3) is 0 Å². The minimum Gasteiger partial charge on any atom is -0.462 e. The third-order valence-corrected chi connectivity index (χ3v) is 4.10. The van der Waals surface area contributed by atoms with Crippen LogP contribution in [0.15, 0.2) is 0 Å². The van der Waals surface area contributed by atoms with Crippen LogP contribution in [0.1, 0.15) is 59.3 Å². The number of rotatable bonds is 6. The van der Waals surface area contributed by atoms with Crippen LogP contribution >= 0.6 is 0 Å². The van der Waals surface area contributed by atoms with Crippen molar-refractivity contribution in [2.45, 2.75) is 65.4 Å².